The van der Waals surface area contributed by atoms with Gasteiger partial charge in [0.1, 0.15) is 0 Å². The molecule has 0 radical (unpaired) electrons. The molecule has 1 unspecified atom stereocenters. The van der Waals surface area contributed by atoms with E-state index in [9.17, 15) is 4.79 Å². The van der Waals surface area contributed by atoms with Crippen molar-refractivity contribution < 1.29 is 9.63 Å². The summed E-state index contributed by atoms with van der Waals surface area (Å²) in [7, 11) is 0. The Morgan fingerprint density at radius 3 is 2.56 bits per heavy atom. The molecule has 27 heavy (non-hydrogen) atoms. The van der Waals surface area contributed by atoms with E-state index >= 15 is 0 Å². The summed E-state index contributed by atoms with van der Waals surface area (Å²) in [6.07, 6.45) is 6.52. The maximum atomic E-state index is 12.0. The number of hydroxylamine groups is 1. The first-order valence-corrected chi connectivity index (χ1v) is 9.91. The highest BCUT2D eigenvalue weighted by Crippen LogP contribution is 2.26. The lowest BCUT2D eigenvalue weighted by molar-refractivity contribution is 0.0235. The molecule has 144 valence electrons. The second-order valence-electron chi connectivity index (χ2n) is 7.12. The van der Waals surface area contributed by atoms with Gasteiger partial charge in [-0.15, -0.1) is 5.48 Å². The third-order valence-corrected chi connectivity index (χ3v) is 5.02. The molecule has 1 N–H and O–H groups in total. The van der Waals surface area contributed by atoms with Crippen LogP contribution in [0.2, 0.25) is 0 Å². The molecule has 1 aliphatic carbocycles. The SMILES string of the molecule is CCCN(CCC)C1Cc2cnc(CNOC(=O)c3ccccc3)cc2C1. The summed E-state index contributed by atoms with van der Waals surface area (Å²) in [4.78, 5) is 24.2. The maximum absolute atomic E-state index is 12.0. The first-order chi connectivity index (χ1) is 13.2. The average molecular weight is 367 g/mol. The fourth-order valence-electron chi connectivity index (χ4n) is 3.74. The Balaban J connectivity index is 1.54. The molecule has 1 aliphatic rings. The van der Waals surface area contributed by atoms with Gasteiger partial charge in [0.05, 0.1) is 17.8 Å². The predicted molar refractivity (Wildman–Crippen MR) is 106 cm³/mol. The number of nitrogens with zero attached hydrogens (tertiary/aromatic N) is 2. The summed E-state index contributed by atoms with van der Waals surface area (Å²) in [5.74, 6) is -0.383. The van der Waals surface area contributed by atoms with Gasteiger partial charge in [0.15, 0.2) is 0 Å². The van der Waals surface area contributed by atoms with E-state index in [1.165, 1.54) is 24.0 Å². The van der Waals surface area contributed by atoms with Crippen LogP contribution in [0.1, 0.15) is 53.9 Å². The zero-order valence-electron chi connectivity index (χ0n) is 16.3. The van der Waals surface area contributed by atoms with Gasteiger partial charge >= 0.3 is 5.97 Å². The molecule has 5 nitrogen and oxygen atoms in total. The van der Waals surface area contributed by atoms with Crippen molar-refractivity contribution in [2.24, 2.45) is 0 Å². The van der Waals surface area contributed by atoms with Crippen LogP contribution in [0.5, 0.6) is 0 Å². The Labute approximate surface area is 161 Å². The summed E-state index contributed by atoms with van der Waals surface area (Å²) < 4.78 is 0. The van der Waals surface area contributed by atoms with Crippen molar-refractivity contribution in [3.63, 3.8) is 0 Å². The Hall–Kier alpha value is -2.24. The normalized spacial score (nSPS) is 15.7. The first-order valence-electron chi connectivity index (χ1n) is 9.91. The minimum absolute atomic E-state index is 0.383. The first kappa shape index (κ1) is 19.5. The highest BCUT2D eigenvalue weighted by atomic mass is 16.7. The monoisotopic (exact) mass is 367 g/mol. The van der Waals surface area contributed by atoms with Gasteiger partial charge < -0.3 is 4.84 Å². The van der Waals surface area contributed by atoms with E-state index in [4.69, 9.17) is 4.84 Å². The van der Waals surface area contributed by atoms with Crippen molar-refractivity contribution in [2.75, 3.05) is 13.1 Å². The zero-order chi connectivity index (χ0) is 19.1. The molecule has 0 aliphatic heterocycles. The average Bonchev–Trinajstić information content (AvgIpc) is 3.11. The number of nitrogens with one attached hydrogen (secondary N) is 1. The third kappa shape index (κ3) is 5.15. The molecule has 1 aromatic heterocycles. The van der Waals surface area contributed by atoms with E-state index in [1.807, 2.05) is 24.4 Å². The molecule has 0 amide bonds. The zero-order valence-corrected chi connectivity index (χ0v) is 16.3. The van der Waals surface area contributed by atoms with E-state index in [0.717, 1.165) is 31.6 Å². The molecular weight excluding hydrogens is 338 g/mol. The molecule has 0 saturated carbocycles. The molecular formula is C22H29N3O2. The molecule has 1 heterocycles. The topological polar surface area (TPSA) is 54.5 Å². The van der Waals surface area contributed by atoms with Crippen molar-refractivity contribution in [2.45, 2.75) is 52.1 Å². The highest BCUT2D eigenvalue weighted by Gasteiger charge is 2.26. The molecule has 1 aromatic carbocycles. The largest absolute Gasteiger partial charge is 0.366 e. The van der Waals surface area contributed by atoms with Crippen molar-refractivity contribution in [3.05, 3.63) is 65.0 Å². The standard InChI is InChI=1S/C22H29N3O2/c1-3-10-25(11-4-2)21-13-18-12-20(23-15-19(18)14-21)16-24-27-22(26)17-8-6-5-7-9-17/h5-9,12,15,21,24H,3-4,10-11,13-14,16H2,1-2H3. The predicted octanol–water partition coefficient (Wildman–Crippen LogP) is 3.53. The van der Waals surface area contributed by atoms with Crippen LogP contribution in [0.4, 0.5) is 0 Å². The second kappa shape index (κ2) is 9.62. The molecule has 5 heteroatoms. The number of carbonyl (C=O) groups excluding carboxylic acids is 1. The van der Waals surface area contributed by atoms with Crippen LogP contribution in [-0.2, 0) is 24.2 Å². The second-order valence-corrected chi connectivity index (χ2v) is 7.12. The van der Waals surface area contributed by atoms with Crippen LogP contribution < -0.4 is 5.48 Å². The maximum Gasteiger partial charge on any atom is 0.356 e. The van der Waals surface area contributed by atoms with Crippen LogP contribution in [-0.4, -0.2) is 35.0 Å². The van der Waals surface area contributed by atoms with Gasteiger partial charge in [-0.1, -0.05) is 32.0 Å². The fraction of sp³-hybridized carbons (Fsp3) is 0.455. The molecule has 2 aromatic rings. The Morgan fingerprint density at radius 2 is 1.85 bits per heavy atom. The number of pyridine rings is 1. The fourth-order valence-corrected chi connectivity index (χ4v) is 3.74. The van der Waals surface area contributed by atoms with Crippen LogP contribution >= 0.6 is 0 Å². The Morgan fingerprint density at radius 1 is 1.15 bits per heavy atom. The summed E-state index contributed by atoms with van der Waals surface area (Å²) >= 11 is 0. The quantitative estimate of drug-likeness (QED) is 0.687. The van der Waals surface area contributed by atoms with Gasteiger partial charge in [0.2, 0.25) is 0 Å². The van der Waals surface area contributed by atoms with Crippen LogP contribution in [0.3, 0.4) is 0 Å². The number of carbonyl (C=O) groups is 1. The van der Waals surface area contributed by atoms with E-state index in [2.05, 4.69) is 35.3 Å². The van der Waals surface area contributed by atoms with Crippen LogP contribution in [0.15, 0.2) is 42.6 Å². The van der Waals surface area contributed by atoms with Gasteiger partial charge in [-0.25, -0.2) is 4.79 Å². The number of rotatable bonds is 9. The number of benzene rings is 1. The summed E-state index contributed by atoms with van der Waals surface area (Å²) in [6.45, 7) is 7.21. The Kier molecular flexibility index (Phi) is 6.96. The number of hydrogen-bond donors (Lipinski definition) is 1. The minimum Gasteiger partial charge on any atom is -0.366 e. The van der Waals surface area contributed by atoms with Crippen LogP contribution in [0, 0.1) is 0 Å². The molecule has 0 saturated heterocycles. The molecule has 0 spiro atoms. The molecule has 3 rings (SSSR count). The summed E-state index contributed by atoms with van der Waals surface area (Å²) in [5, 5.41) is 0. The van der Waals surface area contributed by atoms with E-state index in [1.54, 1.807) is 12.1 Å². The van der Waals surface area contributed by atoms with Crippen molar-refractivity contribution >= 4 is 5.97 Å². The van der Waals surface area contributed by atoms with E-state index < -0.39 is 0 Å². The third-order valence-electron chi connectivity index (χ3n) is 5.02. The number of fused-ring (bicyclic) bond motifs is 1. The van der Waals surface area contributed by atoms with Gasteiger partial charge in [-0.2, -0.15) is 0 Å². The van der Waals surface area contributed by atoms with Gasteiger partial charge in [-0.05, 0) is 68.1 Å². The number of hydrogen-bond acceptors (Lipinski definition) is 5. The Bertz CT molecular complexity index is 742. The van der Waals surface area contributed by atoms with E-state index in [0.29, 0.717) is 18.2 Å². The van der Waals surface area contributed by atoms with Gasteiger partial charge in [-0.3, -0.25) is 9.88 Å². The van der Waals surface area contributed by atoms with Crippen LogP contribution in [0.25, 0.3) is 0 Å². The molecule has 0 bridgehead atoms. The van der Waals surface area contributed by atoms with E-state index in [-0.39, 0.29) is 5.97 Å². The highest BCUT2D eigenvalue weighted by molar-refractivity contribution is 5.89. The minimum atomic E-state index is -0.383. The van der Waals surface area contributed by atoms with Crippen molar-refractivity contribution in [3.8, 4) is 0 Å². The van der Waals surface area contributed by atoms with Crippen molar-refractivity contribution in [1.29, 1.82) is 0 Å². The van der Waals surface area contributed by atoms with Gasteiger partial charge in [0, 0.05) is 12.2 Å². The lowest BCUT2D eigenvalue weighted by atomic mass is 10.1. The lowest BCUT2D eigenvalue weighted by Gasteiger charge is -2.27. The van der Waals surface area contributed by atoms with Gasteiger partial charge in [0.25, 0.3) is 0 Å². The lowest BCUT2D eigenvalue weighted by Crippen LogP contribution is -2.37. The molecule has 0 fully saturated rings. The summed E-state index contributed by atoms with van der Waals surface area (Å²) in [5.41, 5.74) is 6.89. The molecule has 1 atom stereocenters. The smallest absolute Gasteiger partial charge is 0.356 e. The number of aromatic nitrogens is 1. The summed E-state index contributed by atoms with van der Waals surface area (Å²) in [6, 6.07) is 11.7. The van der Waals surface area contributed by atoms with Crippen molar-refractivity contribution in [1.82, 2.24) is 15.4 Å².